The topological polar surface area (TPSA) is 44.5 Å². The number of rotatable bonds is 1. The molecule has 0 atom stereocenters. The molecule has 0 bridgehead atoms. The number of H-pyrrole nitrogens is 2. The van der Waals surface area contributed by atoms with E-state index in [-0.39, 0.29) is 0 Å². The highest BCUT2D eigenvalue weighted by Gasteiger charge is 2.11. The largest absolute Gasteiger partial charge is 0.339 e. The highest BCUT2D eigenvalue weighted by molar-refractivity contribution is 7.71. The molecule has 3 nitrogen and oxygen atoms in total. The molecule has 2 aromatic heterocycles. The fourth-order valence-electron chi connectivity index (χ4n) is 2.58. The molecular formula is C16H11N3S. The lowest BCUT2D eigenvalue weighted by Gasteiger charge is -2.04. The minimum Gasteiger partial charge on any atom is -0.339 e. The third-order valence-electron chi connectivity index (χ3n) is 3.44. The predicted octanol–water partition coefficient (Wildman–Crippen LogP) is 4.44. The van der Waals surface area contributed by atoms with Crippen LogP contribution in [0.4, 0.5) is 0 Å². The van der Waals surface area contributed by atoms with Crippen molar-refractivity contribution >= 4 is 34.2 Å². The van der Waals surface area contributed by atoms with Crippen molar-refractivity contribution in [3.8, 4) is 11.3 Å². The van der Waals surface area contributed by atoms with E-state index < -0.39 is 0 Å². The molecule has 0 saturated heterocycles. The van der Waals surface area contributed by atoms with Crippen LogP contribution in [-0.4, -0.2) is 15.0 Å². The maximum Gasteiger partial charge on any atom is 0.199 e. The van der Waals surface area contributed by atoms with Gasteiger partial charge in [-0.05, 0) is 23.8 Å². The van der Waals surface area contributed by atoms with Gasteiger partial charge in [-0.25, -0.2) is 4.98 Å². The molecule has 0 aliphatic carbocycles. The second kappa shape index (κ2) is 4.28. The van der Waals surface area contributed by atoms with Crippen LogP contribution in [0.3, 0.4) is 0 Å². The lowest BCUT2D eigenvalue weighted by Crippen LogP contribution is -1.89. The van der Waals surface area contributed by atoms with Crippen molar-refractivity contribution in [2.24, 2.45) is 0 Å². The zero-order valence-electron chi connectivity index (χ0n) is 10.6. The number of fused-ring (bicyclic) bond motifs is 3. The molecule has 96 valence electrons. The standard InChI is InChI=1S/C16H11N3S/c20-16-18-14(10-6-2-1-3-7-10)13-11-8-4-5-9-12(11)17-15(13)19-16/h1-9H,(H2,17,18,19,20). The van der Waals surface area contributed by atoms with Gasteiger partial charge in [0.15, 0.2) is 4.77 Å². The van der Waals surface area contributed by atoms with Crippen molar-refractivity contribution < 1.29 is 0 Å². The van der Waals surface area contributed by atoms with Crippen LogP contribution in [0.1, 0.15) is 0 Å². The van der Waals surface area contributed by atoms with Gasteiger partial charge in [0.1, 0.15) is 5.65 Å². The molecule has 0 radical (unpaired) electrons. The van der Waals surface area contributed by atoms with Gasteiger partial charge < -0.3 is 9.97 Å². The molecule has 0 aliphatic rings. The van der Waals surface area contributed by atoms with Gasteiger partial charge in [0.25, 0.3) is 0 Å². The van der Waals surface area contributed by atoms with Gasteiger partial charge in [0.2, 0.25) is 0 Å². The summed E-state index contributed by atoms with van der Waals surface area (Å²) in [4.78, 5) is 11.0. The fourth-order valence-corrected chi connectivity index (χ4v) is 2.78. The third kappa shape index (κ3) is 1.66. The summed E-state index contributed by atoms with van der Waals surface area (Å²) in [5, 5.41) is 2.24. The summed E-state index contributed by atoms with van der Waals surface area (Å²) in [5.41, 5.74) is 4.02. The number of nitrogens with one attached hydrogen (secondary N) is 2. The van der Waals surface area contributed by atoms with Crippen LogP contribution in [0.2, 0.25) is 0 Å². The summed E-state index contributed by atoms with van der Waals surface area (Å²) in [6.45, 7) is 0. The molecule has 4 aromatic rings. The number of hydrogen-bond acceptors (Lipinski definition) is 2. The van der Waals surface area contributed by atoms with Crippen LogP contribution < -0.4 is 0 Å². The Kier molecular flexibility index (Phi) is 2.44. The Labute approximate surface area is 120 Å². The lowest BCUT2D eigenvalue weighted by molar-refractivity contribution is 1.17. The molecule has 4 rings (SSSR count). The quantitative estimate of drug-likeness (QED) is 0.505. The average Bonchev–Trinajstić information content (AvgIpc) is 2.85. The molecule has 20 heavy (non-hydrogen) atoms. The Morgan fingerprint density at radius 2 is 1.60 bits per heavy atom. The molecule has 0 saturated carbocycles. The smallest absolute Gasteiger partial charge is 0.199 e. The maximum atomic E-state index is 5.24. The number of nitrogens with zero attached hydrogens (tertiary/aromatic N) is 1. The van der Waals surface area contributed by atoms with Gasteiger partial charge in [0.05, 0.1) is 11.1 Å². The van der Waals surface area contributed by atoms with Crippen molar-refractivity contribution in [3.05, 3.63) is 59.4 Å². The van der Waals surface area contributed by atoms with Crippen LogP contribution in [0.15, 0.2) is 54.6 Å². The van der Waals surface area contributed by atoms with E-state index >= 15 is 0 Å². The summed E-state index contributed by atoms with van der Waals surface area (Å²) >= 11 is 5.24. The number of aromatic amines is 2. The van der Waals surface area contributed by atoms with Crippen LogP contribution >= 0.6 is 12.2 Å². The minimum absolute atomic E-state index is 0.489. The summed E-state index contributed by atoms with van der Waals surface area (Å²) in [6, 6.07) is 18.4. The monoisotopic (exact) mass is 277 g/mol. The zero-order valence-corrected chi connectivity index (χ0v) is 11.4. The number of para-hydroxylation sites is 1. The van der Waals surface area contributed by atoms with Crippen molar-refractivity contribution in [1.82, 2.24) is 15.0 Å². The Morgan fingerprint density at radius 1 is 0.850 bits per heavy atom. The highest BCUT2D eigenvalue weighted by atomic mass is 32.1. The van der Waals surface area contributed by atoms with Gasteiger partial charge in [0, 0.05) is 10.9 Å². The molecule has 2 heterocycles. The third-order valence-corrected chi connectivity index (χ3v) is 3.64. The Balaban J connectivity index is 2.22. The molecule has 0 spiro atoms. The minimum atomic E-state index is 0.489. The van der Waals surface area contributed by atoms with Crippen molar-refractivity contribution in [2.75, 3.05) is 0 Å². The van der Waals surface area contributed by atoms with Crippen molar-refractivity contribution in [1.29, 1.82) is 0 Å². The number of hydrogen-bond donors (Lipinski definition) is 2. The van der Waals surface area contributed by atoms with Gasteiger partial charge in [-0.2, -0.15) is 0 Å². The van der Waals surface area contributed by atoms with Crippen molar-refractivity contribution in [2.45, 2.75) is 0 Å². The van der Waals surface area contributed by atoms with E-state index in [4.69, 9.17) is 12.2 Å². The fraction of sp³-hybridized carbons (Fsp3) is 0. The molecule has 0 aliphatic heterocycles. The van der Waals surface area contributed by atoms with Gasteiger partial charge in [-0.3, -0.25) is 0 Å². The second-order valence-electron chi connectivity index (χ2n) is 4.68. The Morgan fingerprint density at radius 3 is 2.45 bits per heavy atom. The molecule has 0 fully saturated rings. The number of aromatic nitrogens is 3. The first-order valence-electron chi connectivity index (χ1n) is 6.39. The first-order valence-corrected chi connectivity index (χ1v) is 6.80. The van der Waals surface area contributed by atoms with E-state index in [1.165, 1.54) is 0 Å². The Bertz CT molecular complexity index is 967. The summed E-state index contributed by atoms with van der Waals surface area (Å²) in [7, 11) is 0. The van der Waals surface area contributed by atoms with Gasteiger partial charge in [-0.1, -0.05) is 48.5 Å². The lowest BCUT2D eigenvalue weighted by atomic mass is 10.1. The summed E-state index contributed by atoms with van der Waals surface area (Å²) in [6.07, 6.45) is 0. The average molecular weight is 277 g/mol. The van der Waals surface area contributed by atoms with Crippen LogP contribution in [0, 0.1) is 4.77 Å². The van der Waals surface area contributed by atoms with E-state index in [1.807, 2.05) is 30.3 Å². The molecular weight excluding hydrogens is 266 g/mol. The van der Waals surface area contributed by atoms with Crippen LogP contribution in [-0.2, 0) is 0 Å². The van der Waals surface area contributed by atoms with E-state index in [0.717, 1.165) is 33.2 Å². The van der Waals surface area contributed by atoms with Crippen molar-refractivity contribution in [3.63, 3.8) is 0 Å². The molecule has 0 unspecified atom stereocenters. The van der Waals surface area contributed by atoms with Gasteiger partial charge in [-0.15, -0.1) is 0 Å². The first kappa shape index (κ1) is 11.4. The molecule has 4 heteroatoms. The van der Waals surface area contributed by atoms with E-state index in [9.17, 15) is 0 Å². The molecule has 0 amide bonds. The van der Waals surface area contributed by atoms with E-state index in [1.54, 1.807) is 0 Å². The van der Waals surface area contributed by atoms with E-state index in [0.29, 0.717) is 4.77 Å². The van der Waals surface area contributed by atoms with E-state index in [2.05, 4.69) is 39.2 Å². The SMILES string of the molecule is S=c1nc2[nH]c3ccccc3c2c(-c2ccccc2)[nH]1. The van der Waals surface area contributed by atoms with Crippen LogP contribution in [0.5, 0.6) is 0 Å². The van der Waals surface area contributed by atoms with Gasteiger partial charge >= 0.3 is 0 Å². The summed E-state index contributed by atoms with van der Waals surface area (Å²) in [5.74, 6) is 0. The zero-order chi connectivity index (χ0) is 13.5. The first-order chi connectivity index (χ1) is 9.83. The number of benzene rings is 2. The summed E-state index contributed by atoms with van der Waals surface area (Å²) < 4.78 is 0.489. The molecule has 2 N–H and O–H groups in total. The van der Waals surface area contributed by atoms with Crippen LogP contribution in [0.25, 0.3) is 33.2 Å². The maximum absolute atomic E-state index is 5.24. The molecule has 2 aromatic carbocycles. The highest BCUT2D eigenvalue weighted by Crippen LogP contribution is 2.31. The normalized spacial score (nSPS) is 11.2. The predicted molar refractivity (Wildman–Crippen MR) is 84.2 cm³/mol. The Hall–Kier alpha value is -2.46. The second-order valence-corrected chi connectivity index (χ2v) is 5.06.